The molecule has 0 aromatic heterocycles. The molecule has 2 heterocycles. The predicted molar refractivity (Wildman–Crippen MR) is 92.4 cm³/mol. The Bertz CT molecular complexity index is 628. The van der Waals surface area contributed by atoms with Crippen molar-refractivity contribution in [3.8, 4) is 0 Å². The molecule has 3 rings (SSSR count). The van der Waals surface area contributed by atoms with E-state index in [1.807, 2.05) is 9.80 Å². The van der Waals surface area contributed by atoms with Crippen LogP contribution in [0, 0.1) is 10.1 Å². The fourth-order valence-corrected chi connectivity index (χ4v) is 3.58. The molecule has 24 heavy (non-hydrogen) atoms. The lowest BCUT2D eigenvalue weighted by Crippen LogP contribution is -2.54. The van der Waals surface area contributed by atoms with E-state index in [1.165, 1.54) is 12.1 Å². The van der Waals surface area contributed by atoms with Crippen molar-refractivity contribution in [1.29, 1.82) is 0 Å². The minimum absolute atomic E-state index is 0.0618. The van der Waals surface area contributed by atoms with Crippen LogP contribution in [0.25, 0.3) is 0 Å². The highest BCUT2D eigenvalue weighted by molar-refractivity contribution is 9.10. The standard InChI is InChI=1S/C15H19BrN4O4/c16-13-11-12(20(22)23)1-2-14(13)17-3-5-18(6-4-17)15(21)19-7-9-24-10-8-19/h1-2,11H,3-10H2. The normalized spacial score (nSPS) is 18.6. The molecule has 2 saturated heterocycles. The summed E-state index contributed by atoms with van der Waals surface area (Å²) in [5, 5.41) is 10.8. The molecule has 2 aliphatic rings. The number of non-ortho nitro benzene ring substituents is 1. The van der Waals surface area contributed by atoms with E-state index < -0.39 is 4.92 Å². The summed E-state index contributed by atoms with van der Waals surface area (Å²) in [5.41, 5.74) is 0.978. The molecule has 0 spiro atoms. The van der Waals surface area contributed by atoms with E-state index in [-0.39, 0.29) is 11.7 Å². The van der Waals surface area contributed by atoms with Crippen LogP contribution in [-0.4, -0.2) is 73.2 Å². The zero-order valence-electron chi connectivity index (χ0n) is 13.2. The van der Waals surface area contributed by atoms with Gasteiger partial charge in [0.05, 0.1) is 23.8 Å². The summed E-state index contributed by atoms with van der Waals surface area (Å²) < 4.78 is 5.98. The van der Waals surface area contributed by atoms with Gasteiger partial charge in [0, 0.05) is 55.9 Å². The summed E-state index contributed by atoms with van der Waals surface area (Å²) in [6.45, 7) is 5.17. The van der Waals surface area contributed by atoms with E-state index in [4.69, 9.17) is 4.74 Å². The smallest absolute Gasteiger partial charge is 0.320 e. The van der Waals surface area contributed by atoms with Crippen LogP contribution in [0.1, 0.15) is 0 Å². The molecule has 1 aromatic carbocycles. The first-order valence-electron chi connectivity index (χ1n) is 7.87. The Morgan fingerprint density at radius 3 is 2.29 bits per heavy atom. The maximum Gasteiger partial charge on any atom is 0.320 e. The molecule has 0 aliphatic carbocycles. The van der Waals surface area contributed by atoms with Gasteiger partial charge in [-0.25, -0.2) is 4.79 Å². The second-order valence-corrected chi connectivity index (χ2v) is 6.60. The molecular weight excluding hydrogens is 380 g/mol. The lowest BCUT2D eigenvalue weighted by Gasteiger charge is -2.39. The Morgan fingerprint density at radius 2 is 1.71 bits per heavy atom. The molecule has 8 nitrogen and oxygen atoms in total. The molecule has 0 N–H and O–H groups in total. The Hall–Kier alpha value is -1.87. The second kappa shape index (κ2) is 7.35. The molecule has 2 aliphatic heterocycles. The van der Waals surface area contributed by atoms with Gasteiger partial charge >= 0.3 is 6.03 Å². The number of rotatable bonds is 2. The number of urea groups is 1. The van der Waals surface area contributed by atoms with Crippen molar-refractivity contribution >= 4 is 33.3 Å². The summed E-state index contributed by atoms with van der Waals surface area (Å²) in [5.74, 6) is 0. The topological polar surface area (TPSA) is 79.2 Å². The number of amides is 2. The van der Waals surface area contributed by atoms with Crippen molar-refractivity contribution in [2.24, 2.45) is 0 Å². The molecule has 2 amide bonds. The van der Waals surface area contributed by atoms with Crippen molar-refractivity contribution in [2.75, 3.05) is 57.4 Å². The van der Waals surface area contributed by atoms with Gasteiger partial charge in [-0.05, 0) is 22.0 Å². The summed E-state index contributed by atoms with van der Waals surface area (Å²) in [6.07, 6.45) is 0. The number of hydrogen-bond acceptors (Lipinski definition) is 5. The largest absolute Gasteiger partial charge is 0.378 e. The Kier molecular flexibility index (Phi) is 5.20. The Balaban J connectivity index is 1.60. The van der Waals surface area contributed by atoms with E-state index in [9.17, 15) is 14.9 Å². The highest BCUT2D eigenvalue weighted by Gasteiger charge is 2.27. The van der Waals surface area contributed by atoms with E-state index in [0.29, 0.717) is 57.0 Å². The number of carbonyl (C=O) groups is 1. The van der Waals surface area contributed by atoms with Gasteiger partial charge in [0.2, 0.25) is 0 Å². The van der Waals surface area contributed by atoms with Gasteiger partial charge in [0.1, 0.15) is 0 Å². The summed E-state index contributed by atoms with van der Waals surface area (Å²) in [4.78, 5) is 28.7. The van der Waals surface area contributed by atoms with E-state index in [0.717, 1.165) is 5.69 Å². The minimum atomic E-state index is -0.409. The first-order valence-corrected chi connectivity index (χ1v) is 8.66. The molecule has 0 saturated carbocycles. The Labute approximate surface area is 148 Å². The highest BCUT2D eigenvalue weighted by atomic mass is 79.9. The lowest BCUT2D eigenvalue weighted by atomic mass is 10.2. The zero-order valence-corrected chi connectivity index (χ0v) is 14.8. The molecule has 1 aromatic rings. The van der Waals surface area contributed by atoms with Crippen molar-refractivity contribution in [2.45, 2.75) is 0 Å². The fourth-order valence-electron chi connectivity index (χ4n) is 2.96. The van der Waals surface area contributed by atoms with Crippen LogP contribution in [0.3, 0.4) is 0 Å². The second-order valence-electron chi connectivity index (χ2n) is 5.75. The van der Waals surface area contributed by atoms with Crippen LogP contribution in [-0.2, 0) is 4.74 Å². The number of piperazine rings is 1. The maximum absolute atomic E-state index is 12.5. The molecule has 0 radical (unpaired) electrons. The monoisotopic (exact) mass is 398 g/mol. The van der Waals surface area contributed by atoms with Crippen LogP contribution in [0.4, 0.5) is 16.2 Å². The maximum atomic E-state index is 12.5. The molecular formula is C15H19BrN4O4. The van der Waals surface area contributed by atoms with Gasteiger partial charge in [-0.3, -0.25) is 10.1 Å². The number of ether oxygens (including phenoxy) is 1. The fraction of sp³-hybridized carbons (Fsp3) is 0.533. The van der Waals surface area contributed by atoms with Crippen molar-refractivity contribution in [3.05, 3.63) is 32.8 Å². The number of carbonyl (C=O) groups excluding carboxylic acids is 1. The number of nitro benzene ring substituents is 1. The molecule has 0 unspecified atom stereocenters. The van der Waals surface area contributed by atoms with Gasteiger partial charge in [-0.2, -0.15) is 0 Å². The Morgan fingerprint density at radius 1 is 1.08 bits per heavy atom. The molecule has 9 heteroatoms. The lowest BCUT2D eigenvalue weighted by molar-refractivity contribution is -0.384. The third-order valence-corrected chi connectivity index (χ3v) is 4.95. The van der Waals surface area contributed by atoms with Gasteiger partial charge in [0.15, 0.2) is 0 Å². The molecule has 2 fully saturated rings. The predicted octanol–water partition coefficient (Wildman–Crippen LogP) is 1.93. The van der Waals surface area contributed by atoms with Crippen molar-refractivity contribution < 1.29 is 14.5 Å². The van der Waals surface area contributed by atoms with Crippen LogP contribution < -0.4 is 4.90 Å². The number of morpholine rings is 1. The van der Waals surface area contributed by atoms with Crippen molar-refractivity contribution in [1.82, 2.24) is 9.80 Å². The van der Waals surface area contributed by atoms with E-state index in [1.54, 1.807) is 6.07 Å². The average Bonchev–Trinajstić information content (AvgIpc) is 2.62. The number of halogens is 1. The van der Waals surface area contributed by atoms with Crippen LogP contribution in [0.5, 0.6) is 0 Å². The van der Waals surface area contributed by atoms with Gasteiger partial charge in [-0.1, -0.05) is 0 Å². The third-order valence-electron chi connectivity index (χ3n) is 4.31. The van der Waals surface area contributed by atoms with Crippen LogP contribution in [0.15, 0.2) is 22.7 Å². The zero-order chi connectivity index (χ0) is 17.1. The van der Waals surface area contributed by atoms with Crippen LogP contribution >= 0.6 is 15.9 Å². The van der Waals surface area contributed by atoms with E-state index in [2.05, 4.69) is 20.8 Å². The number of hydrogen-bond donors (Lipinski definition) is 0. The summed E-state index contributed by atoms with van der Waals surface area (Å²) in [7, 11) is 0. The van der Waals surface area contributed by atoms with Gasteiger partial charge in [0.25, 0.3) is 5.69 Å². The number of benzene rings is 1. The number of anilines is 1. The van der Waals surface area contributed by atoms with Crippen molar-refractivity contribution in [3.63, 3.8) is 0 Å². The van der Waals surface area contributed by atoms with Gasteiger partial charge in [-0.15, -0.1) is 0 Å². The molecule has 0 atom stereocenters. The number of nitrogens with zero attached hydrogens (tertiary/aromatic N) is 4. The average molecular weight is 399 g/mol. The number of nitro groups is 1. The highest BCUT2D eigenvalue weighted by Crippen LogP contribution is 2.30. The van der Waals surface area contributed by atoms with Gasteiger partial charge < -0.3 is 19.4 Å². The first-order chi connectivity index (χ1) is 11.6. The molecule has 0 bridgehead atoms. The van der Waals surface area contributed by atoms with E-state index >= 15 is 0 Å². The quantitative estimate of drug-likeness (QED) is 0.561. The molecule has 130 valence electrons. The summed E-state index contributed by atoms with van der Waals surface area (Å²) in [6, 6.07) is 4.84. The third kappa shape index (κ3) is 3.62. The minimum Gasteiger partial charge on any atom is -0.378 e. The first kappa shape index (κ1) is 17.0. The SMILES string of the molecule is O=C(N1CCOCC1)N1CCN(c2ccc([N+](=O)[O-])cc2Br)CC1. The van der Waals surface area contributed by atoms with Crippen LogP contribution in [0.2, 0.25) is 0 Å². The summed E-state index contributed by atoms with van der Waals surface area (Å²) >= 11 is 3.41.